The Labute approximate surface area is 88.4 Å². The van der Waals surface area contributed by atoms with Gasteiger partial charge in [-0.05, 0) is 32.6 Å². The summed E-state index contributed by atoms with van der Waals surface area (Å²) in [5, 5.41) is 0. The molecule has 0 heteroatoms. The third-order valence-corrected chi connectivity index (χ3v) is 3.09. The molecule has 0 N–H and O–H groups in total. The van der Waals surface area contributed by atoms with Gasteiger partial charge < -0.3 is 0 Å². The van der Waals surface area contributed by atoms with Gasteiger partial charge in [0.2, 0.25) is 0 Å². The second-order valence-corrected chi connectivity index (χ2v) is 4.27. The second-order valence-electron chi connectivity index (χ2n) is 4.27. The van der Waals surface area contributed by atoms with Crippen LogP contribution in [0.25, 0.3) is 0 Å². The van der Waals surface area contributed by atoms with E-state index in [-0.39, 0.29) is 5.41 Å². The van der Waals surface area contributed by atoms with Crippen molar-refractivity contribution in [1.29, 1.82) is 0 Å². The maximum absolute atomic E-state index is 3.97. The molecule has 0 aromatic carbocycles. The first-order valence-corrected chi connectivity index (χ1v) is 5.71. The van der Waals surface area contributed by atoms with Crippen LogP contribution in [-0.4, -0.2) is 0 Å². The zero-order valence-corrected chi connectivity index (χ0v) is 9.55. The highest BCUT2D eigenvalue weighted by Crippen LogP contribution is 2.43. The lowest BCUT2D eigenvalue weighted by molar-refractivity contribution is 0.523. The van der Waals surface area contributed by atoms with Crippen LogP contribution in [0, 0.1) is 5.41 Å². The summed E-state index contributed by atoms with van der Waals surface area (Å²) in [5.41, 5.74) is 1.90. The molecule has 1 unspecified atom stereocenters. The summed E-state index contributed by atoms with van der Waals surface area (Å²) in [6, 6.07) is 0. The third kappa shape index (κ3) is 2.60. The summed E-state index contributed by atoms with van der Waals surface area (Å²) in [6.07, 6.45) is 15.2. The summed E-state index contributed by atoms with van der Waals surface area (Å²) in [7, 11) is 0. The van der Waals surface area contributed by atoms with E-state index in [4.69, 9.17) is 0 Å². The fraction of sp³-hybridized carbons (Fsp3) is 0.571. The van der Waals surface area contributed by atoms with Crippen LogP contribution in [0.3, 0.4) is 0 Å². The first-order valence-electron chi connectivity index (χ1n) is 5.71. The van der Waals surface area contributed by atoms with Crippen molar-refractivity contribution < 1.29 is 0 Å². The highest BCUT2D eigenvalue weighted by molar-refractivity contribution is 5.23. The van der Waals surface area contributed by atoms with E-state index in [0.717, 1.165) is 0 Å². The lowest BCUT2D eigenvalue weighted by Gasteiger charge is -2.18. The van der Waals surface area contributed by atoms with Gasteiger partial charge in [0.05, 0.1) is 0 Å². The molecule has 1 aliphatic carbocycles. The van der Waals surface area contributed by atoms with E-state index in [0.29, 0.717) is 0 Å². The Kier molecular flexibility index (Phi) is 4.19. The van der Waals surface area contributed by atoms with Gasteiger partial charge >= 0.3 is 0 Å². The topological polar surface area (TPSA) is 0 Å². The molecule has 1 saturated carbocycles. The van der Waals surface area contributed by atoms with Gasteiger partial charge in [-0.2, -0.15) is 0 Å². The molecule has 0 aromatic heterocycles. The predicted octanol–water partition coefficient (Wildman–Crippen LogP) is 4.65. The Morgan fingerprint density at radius 3 is 2.86 bits per heavy atom. The fourth-order valence-electron chi connectivity index (χ4n) is 2.23. The molecule has 14 heavy (non-hydrogen) atoms. The van der Waals surface area contributed by atoms with Gasteiger partial charge in [-0.1, -0.05) is 43.2 Å². The standard InChI is InChI=1S/C14H22/c1-4-7-8-13-9-11-14(6-3,12-13)10-5-2/h5-6,8,10H,3-4,7,9,11-12H2,1-2H3/b10-5+,13-8-. The summed E-state index contributed by atoms with van der Waals surface area (Å²) in [4.78, 5) is 0. The van der Waals surface area contributed by atoms with Crippen molar-refractivity contribution in [2.75, 3.05) is 0 Å². The van der Waals surface area contributed by atoms with Gasteiger partial charge in [0.1, 0.15) is 0 Å². The minimum Gasteiger partial charge on any atom is -0.102 e. The molecule has 1 atom stereocenters. The van der Waals surface area contributed by atoms with E-state index < -0.39 is 0 Å². The van der Waals surface area contributed by atoms with Gasteiger partial charge in [-0.25, -0.2) is 0 Å². The van der Waals surface area contributed by atoms with Crippen LogP contribution in [0.5, 0.6) is 0 Å². The van der Waals surface area contributed by atoms with Crippen molar-refractivity contribution in [2.24, 2.45) is 5.41 Å². The van der Waals surface area contributed by atoms with Crippen molar-refractivity contribution in [1.82, 2.24) is 0 Å². The monoisotopic (exact) mass is 190 g/mol. The fourth-order valence-corrected chi connectivity index (χ4v) is 2.23. The highest BCUT2D eigenvalue weighted by Gasteiger charge is 2.30. The van der Waals surface area contributed by atoms with Gasteiger partial charge in [0, 0.05) is 5.41 Å². The molecule has 0 amide bonds. The summed E-state index contributed by atoms with van der Waals surface area (Å²) in [5.74, 6) is 0. The first kappa shape index (κ1) is 11.3. The molecule has 0 bridgehead atoms. The number of hydrogen-bond donors (Lipinski definition) is 0. The molecule has 1 fully saturated rings. The van der Waals surface area contributed by atoms with Gasteiger partial charge in [-0.15, -0.1) is 6.58 Å². The van der Waals surface area contributed by atoms with Crippen LogP contribution in [0.15, 0.2) is 36.5 Å². The van der Waals surface area contributed by atoms with Gasteiger partial charge in [0.25, 0.3) is 0 Å². The van der Waals surface area contributed by atoms with E-state index in [2.05, 4.69) is 44.7 Å². The molecule has 0 spiro atoms. The van der Waals surface area contributed by atoms with Crippen molar-refractivity contribution in [3.63, 3.8) is 0 Å². The van der Waals surface area contributed by atoms with E-state index in [1.165, 1.54) is 32.1 Å². The average Bonchev–Trinajstić information content (AvgIpc) is 2.60. The van der Waals surface area contributed by atoms with Crippen molar-refractivity contribution in [3.05, 3.63) is 36.5 Å². The molecular formula is C14H22. The largest absolute Gasteiger partial charge is 0.102 e. The van der Waals surface area contributed by atoms with Crippen LogP contribution in [0.2, 0.25) is 0 Å². The Morgan fingerprint density at radius 2 is 2.29 bits per heavy atom. The van der Waals surface area contributed by atoms with Crippen molar-refractivity contribution >= 4 is 0 Å². The SMILES string of the molecule is C=CC1(/C=C/C)CC/C(=C/CCC)C1. The Bertz CT molecular complexity index is 245. The predicted molar refractivity (Wildman–Crippen MR) is 64.3 cm³/mol. The molecule has 0 aliphatic heterocycles. The molecule has 78 valence electrons. The van der Waals surface area contributed by atoms with Crippen LogP contribution < -0.4 is 0 Å². The average molecular weight is 190 g/mol. The Hall–Kier alpha value is -0.780. The minimum absolute atomic E-state index is 0.272. The zero-order chi connectivity index (χ0) is 10.4. The second kappa shape index (κ2) is 5.19. The third-order valence-electron chi connectivity index (χ3n) is 3.09. The van der Waals surface area contributed by atoms with Crippen LogP contribution in [0.1, 0.15) is 46.0 Å². The number of hydrogen-bond acceptors (Lipinski definition) is 0. The van der Waals surface area contributed by atoms with Gasteiger partial charge in [-0.3, -0.25) is 0 Å². The van der Waals surface area contributed by atoms with Crippen LogP contribution >= 0.6 is 0 Å². The summed E-state index contributed by atoms with van der Waals surface area (Å²) in [6.45, 7) is 8.30. The van der Waals surface area contributed by atoms with Gasteiger partial charge in [0.15, 0.2) is 0 Å². The summed E-state index contributed by atoms with van der Waals surface area (Å²) < 4.78 is 0. The molecule has 0 heterocycles. The van der Waals surface area contributed by atoms with Crippen molar-refractivity contribution in [3.8, 4) is 0 Å². The number of rotatable bonds is 4. The lowest BCUT2D eigenvalue weighted by atomic mass is 9.86. The number of allylic oxidation sites excluding steroid dienone is 5. The highest BCUT2D eigenvalue weighted by atomic mass is 14.3. The Balaban J connectivity index is 2.65. The quantitative estimate of drug-likeness (QED) is 0.566. The molecular weight excluding hydrogens is 168 g/mol. The molecule has 0 saturated heterocycles. The maximum Gasteiger partial charge on any atom is 0.00984 e. The minimum atomic E-state index is 0.272. The summed E-state index contributed by atoms with van der Waals surface area (Å²) >= 11 is 0. The lowest BCUT2D eigenvalue weighted by Crippen LogP contribution is -2.07. The molecule has 0 nitrogen and oxygen atoms in total. The van der Waals surface area contributed by atoms with Crippen molar-refractivity contribution in [2.45, 2.75) is 46.0 Å². The molecule has 0 radical (unpaired) electrons. The van der Waals surface area contributed by atoms with E-state index >= 15 is 0 Å². The van der Waals surface area contributed by atoms with E-state index in [1.54, 1.807) is 5.57 Å². The number of unbranched alkanes of at least 4 members (excludes halogenated alkanes) is 1. The maximum atomic E-state index is 3.97. The molecule has 1 rings (SSSR count). The smallest absolute Gasteiger partial charge is 0.00984 e. The molecule has 1 aliphatic rings. The van der Waals surface area contributed by atoms with E-state index in [9.17, 15) is 0 Å². The normalized spacial score (nSPS) is 30.3. The zero-order valence-electron chi connectivity index (χ0n) is 9.55. The first-order chi connectivity index (χ1) is 6.76. The van der Waals surface area contributed by atoms with Crippen LogP contribution in [0.4, 0.5) is 0 Å². The molecule has 0 aromatic rings. The van der Waals surface area contributed by atoms with E-state index in [1.807, 2.05) is 0 Å². The Morgan fingerprint density at radius 1 is 1.50 bits per heavy atom. The van der Waals surface area contributed by atoms with Crippen LogP contribution in [-0.2, 0) is 0 Å².